The maximum atomic E-state index is 3.23. The summed E-state index contributed by atoms with van der Waals surface area (Å²) in [6.45, 7) is 0.917. The van der Waals surface area contributed by atoms with Gasteiger partial charge >= 0.3 is 0 Å². The third kappa shape index (κ3) is 0.725. The van der Waals surface area contributed by atoms with Crippen molar-refractivity contribution >= 4 is 15.9 Å². The fourth-order valence-corrected chi connectivity index (χ4v) is 0.629. The third-order valence-electron chi connectivity index (χ3n) is 0.591. The Bertz CT molecular complexity index is 78.9. The van der Waals surface area contributed by atoms with Crippen LogP contribution in [0.5, 0.6) is 0 Å². The first-order valence-corrected chi connectivity index (χ1v) is 2.53. The van der Waals surface area contributed by atoms with Gasteiger partial charge in [-0.2, -0.15) is 0 Å². The molecule has 0 radical (unpaired) electrons. The summed E-state index contributed by atoms with van der Waals surface area (Å²) in [5.74, 6) is 0. The first-order valence-electron chi connectivity index (χ1n) is 1.74. The minimum Gasteiger partial charge on any atom is -0.315 e. The highest BCUT2D eigenvalue weighted by Gasteiger charge is 1.92. The molecular weight excluding hydrogens is 144 g/mol. The molecule has 2 nitrogen and oxygen atoms in total. The number of nitrogens with one attached hydrogen (secondary N) is 2. The van der Waals surface area contributed by atoms with E-state index in [9.17, 15) is 0 Å². The fourth-order valence-electron chi connectivity index (χ4n) is 0.327. The average molecular weight is 149 g/mol. The van der Waals surface area contributed by atoms with Crippen molar-refractivity contribution in [3.05, 3.63) is 10.7 Å². The first-order chi connectivity index (χ1) is 2.89. The van der Waals surface area contributed by atoms with E-state index in [0.29, 0.717) is 0 Å². The molecule has 6 heavy (non-hydrogen) atoms. The standard InChI is InChI=1S/C3H5BrN2/c4-3-1-2-5-6-3/h1,5-6H,2H2. The van der Waals surface area contributed by atoms with E-state index in [0.717, 1.165) is 11.2 Å². The molecule has 0 spiro atoms. The van der Waals surface area contributed by atoms with Gasteiger partial charge in [-0.1, -0.05) is 0 Å². The zero-order valence-electron chi connectivity index (χ0n) is 3.16. The topological polar surface area (TPSA) is 24.1 Å². The highest BCUT2D eigenvalue weighted by Crippen LogP contribution is 1.99. The Morgan fingerprint density at radius 3 is 2.83 bits per heavy atom. The summed E-state index contributed by atoms with van der Waals surface area (Å²) in [5, 5.41) is 0. The second-order valence-electron chi connectivity index (χ2n) is 1.06. The Balaban J connectivity index is 2.45. The third-order valence-corrected chi connectivity index (χ3v) is 1.11. The molecule has 0 amide bonds. The van der Waals surface area contributed by atoms with Crippen LogP contribution in [0, 0.1) is 0 Å². The Hall–Kier alpha value is -0.0200. The van der Waals surface area contributed by atoms with Crippen LogP contribution in [0.2, 0.25) is 0 Å². The number of halogens is 1. The molecule has 1 aliphatic heterocycles. The van der Waals surface area contributed by atoms with Crippen LogP contribution >= 0.6 is 15.9 Å². The average Bonchev–Trinajstić information content (AvgIpc) is 1.86. The zero-order valence-corrected chi connectivity index (χ0v) is 4.75. The largest absolute Gasteiger partial charge is 0.315 e. The van der Waals surface area contributed by atoms with Gasteiger partial charge in [-0.05, 0) is 22.0 Å². The first kappa shape index (κ1) is 4.15. The van der Waals surface area contributed by atoms with Crippen molar-refractivity contribution in [3.8, 4) is 0 Å². The predicted octanol–water partition coefficient (Wildman–Crippen LogP) is 0.330. The summed E-state index contributed by atoms with van der Waals surface area (Å²) < 4.78 is 1.03. The highest BCUT2D eigenvalue weighted by molar-refractivity contribution is 9.11. The molecule has 0 bridgehead atoms. The maximum absolute atomic E-state index is 3.23. The molecule has 0 fully saturated rings. The van der Waals surface area contributed by atoms with Crippen molar-refractivity contribution in [1.29, 1.82) is 0 Å². The van der Waals surface area contributed by atoms with Gasteiger partial charge in [0.15, 0.2) is 0 Å². The number of rotatable bonds is 0. The van der Waals surface area contributed by atoms with E-state index < -0.39 is 0 Å². The zero-order chi connectivity index (χ0) is 4.41. The molecule has 0 saturated carbocycles. The lowest BCUT2D eigenvalue weighted by Gasteiger charge is -1.89. The Kier molecular flexibility index (Phi) is 1.12. The van der Waals surface area contributed by atoms with Crippen molar-refractivity contribution in [1.82, 2.24) is 10.9 Å². The van der Waals surface area contributed by atoms with Crippen LogP contribution in [0.15, 0.2) is 10.7 Å². The molecule has 0 unspecified atom stereocenters. The van der Waals surface area contributed by atoms with Crippen molar-refractivity contribution in [2.75, 3.05) is 6.54 Å². The van der Waals surface area contributed by atoms with E-state index in [1.165, 1.54) is 0 Å². The summed E-state index contributed by atoms with van der Waals surface area (Å²) in [4.78, 5) is 0. The Labute approximate surface area is 44.7 Å². The van der Waals surface area contributed by atoms with Gasteiger partial charge < -0.3 is 5.43 Å². The summed E-state index contributed by atoms with van der Waals surface area (Å²) >= 11 is 3.23. The Morgan fingerprint density at radius 1 is 1.83 bits per heavy atom. The Morgan fingerprint density at radius 2 is 2.67 bits per heavy atom. The van der Waals surface area contributed by atoms with Crippen LogP contribution < -0.4 is 10.9 Å². The smallest absolute Gasteiger partial charge is 0.0895 e. The molecule has 34 valence electrons. The van der Waals surface area contributed by atoms with Crippen molar-refractivity contribution < 1.29 is 0 Å². The molecule has 0 saturated heterocycles. The van der Waals surface area contributed by atoms with Crippen LogP contribution in [0.25, 0.3) is 0 Å². The van der Waals surface area contributed by atoms with Gasteiger partial charge in [0, 0.05) is 6.54 Å². The van der Waals surface area contributed by atoms with Gasteiger partial charge in [0.1, 0.15) is 0 Å². The lowest BCUT2D eigenvalue weighted by Crippen LogP contribution is -2.21. The SMILES string of the molecule is BrC1=CCNN1. The van der Waals surface area contributed by atoms with E-state index in [-0.39, 0.29) is 0 Å². The summed E-state index contributed by atoms with van der Waals surface area (Å²) in [5.41, 5.74) is 5.73. The van der Waals surface area contributed by atoms with E-state index in [1.807, 2.05) is 6.08 Å². The van der Waals surface area contributed by atoms with Gasteiger partial charge in [-0.3, -0.25) is 0 Å². The summed E-state index contributed by atoms with van der Waals surface area (Å²) in [6, 6.07) is 0. The maximum Gasteiger partial charge on any atom is 0.0895 e. The van der Waals surface area contributed by atoms with Gasteiger partial charge in [0.25, 0.3) is 0 Å². The number of hydrogen-bond acceptors (Lipinski definition) is 2. The van der Waals surface area contributed by atoms with E-state index >= 15 is 0 Å². The monoisotopic (exact) mass is 148 g/mol. The van der Waals surface area contributed by atoms with Crippen molar-refractivity contribution in [2.24, 2.45) is 0 Å². The molecule has 0 aromatic carbocycles. The normalized spacial score (nSPS) is 19.8. The van der Waals surface area contributed by atoms with Crippen molar-refractivity contribution in [3.63, 3.8) is 0 Å². The lowest BCUT2D eigenvalue weighted by molar-refractivity contribution is 0.723. The number of hydrazine groups is 1. The molecule has 0 atom stereocenters. The van der Waals surface area contributed by atoms with E-state index in [1.54, 1.807) is 0 Å². The van der Waals surface area contributed by atoms with Gasteiger partial charge in [0.2, 0.25) is 0 Å². The van der Waals surface area contributed by atoms with Crippen LogP contribution in [-0.2, 0) is 0 Å². The molecule has 1 aliphatic rings. The number of hydrogen-bond donors (Lipinski definition) is 2. The van der Waals surface area contributed by atoms with E-state index in [4.69, 9.17) is 0 Å². The van der Waals surface area contributed by atoms with Gasteiger partial charge in [0.05, 0.1) is 4.61 Å². The van der Waals surface area contributed by atoms with Crippen LogP contribution in [-0.4, -0.2) is 6.54 Å². The molecule has 0 aliphatic carbocycles. The quantitative estimate of drug-likeness (QED) is 0.485. The minimum atomic E-state index is 0.917. The molecule has 0 aromatic heterocycles. The highest BCUT2D eigenvalue weighted by atomic mass is 79.9. The lowest BCUT2D eigenvalue weighted by atomic mass is 10.7. The predicted molar refractivity (Wildman–Crippen MR) is 28.1 cm³/mol. The molecule has 2 N–H and O–H groups in total. The second kappa shape index (κ2) is 1.62. The van der Waals surface area contributed by atoms with Crippen molar-refractivity contribution in [2.45, 2.75) is 0 Å². The van der Waals surface area contributed by atoms with Crippen LogP contribution in [0.1, 0.15) is 0 Å². The van der Waals surface area contributed by atoms with Crippen LogP contribution in [0.3, 0.4) is 0 Å². The van der Waals surface area contributed by atoms with Gasteiger partial charge in [-0.25, -0.2) is 5.43 Å². The van der Waals surface area contributed by atoms with Crippen LogP contribution in [0.4, 0.5) is 0 Å². The summed E-state index contributed by atoms with van der Waals surface area (Å²) in [6.07, 6.45) is 2.01. The molecular formula is C3H5BrN2. The molecule has 3 heteroatoms. The fraction of sp³-hybridized carbons (Fsp3) is 0.333. The van der Waals surface area contributed by atoms with E-state index in [2.05, 4.69) is 26.8 Å². The van der Waals surface area contributed by atoms with Gasteiger partial charge in [-0.15, -0.1) is 0 Å². The minimum absolute atomic E-state index is 0.917. The molecule has 1 heterocycles. The molecule has 0 aromatic rings. The second-order valence-corrected chi connectivity index (χ2v) is 1.91. The summed E-state index contributed by atoms with van der Waals surface area (Å²) in [7, 11) is 0. The molecule has 1 rings (SSSR count).